The summed E-state index contributed by atoms with van der Waals surface area (Å²) in [5.74, 6) is -0.126. The highest BCUT2D eigenvalue weighted by molar-refractivity contribution is 7.15. The van der Waals surface area contributed by atoms with Gasteiger partial charge in [0.15, 0.2) is 6.10 Å². The molecule has 0 unspecified atom stereocenters. The second-order valence-electron chi connectivity index (χ2n) is 5.31. The van der Waals surface area contributed by atoms with E-state index in [1.807, 2.05) is 6.92 Å². The van der Waals surface area contributed by atoms with Crippen molar-refractivity contribution in [1.29, 1.82) is 0 Å². The van der Waals surface area contributed by atoms with Crippen LogP contribution in [-0.4, -0.2) is 35.4 Å². The highest BCUT2D eigenvalue weighted by Crippen LogP contribution is 2.19. The normalized spacial score (nSPS) is 12.3. The molecule has 0 radical (unpaired) electrons. The molecule has 0 saturated carbocycles. The van der Waals surface area contributed by atoms with Crippen LogP contribution in [0.2, 0.25) is 0 Å². The fraction of sp³-hybridized carbons (Fsp3) is 0.278. The molecule has 1 atom stereocenters. The molecular weight excluding hydrogens is 356 g/mol. The van der Waals surface area contributed by atoms with E-state index >= 15 is 0 Å². The first-order valence-corrected chi connectivity index (χ1v) is 8.79. The predicted octanol–water partition coefficient (Wildman–Crippen LogP) is 3.15. The van der Waals surface area contributed by atoms with Gasteiger partial charge in [0, 0.05) is 0 Å². The summed E-state index contributed by atoms with van der Waals surface area (Å²) in [7, 11) is 0. The Morgan fingerprint density at radius 3 is 2.35 bits per heavy atom. The molecule has 0 aliphatic carbocycles. The third kappa shape index (κ3) is 5.32. The lowest BCUT2D eigenvalue weighted by Gasteiger charge is -2.13. The second-order valence-corrected chi connectivity index (χ2v) is 6.39. The van der Waals surface area contributed by atoms with Gasteiger partial charge < -0.3 is 14.6 Å². The molecule has 2 rings (SSSR count). The van der Waals surface area contributed by atoms with E-state index in [0.29, 0.717) is 22.9 Å². The van der Waals surface area contributed by atoms with Gasteiger partial charge in [-0.2, -0.15) is 5.10 Å². The van der Waals surface area contributed by atoms with Crippen LogP contribution in [0.1, 0.15) is 35.3 Å². The first kappa shape index (κ1) is 19.5. The average molecular weight is 376 g/mol. The van der Waals surface area contributed by atoms with Gasteiger partial charge in [-0.1, -0.05) is 0 Å². The number of benzene rings is 1. The number of hydrogen-bond acceptors (Lipinski definition) is 6. The van der Waals surface area contributed by atoms with Gasteiger partial charge in [0.2, 0.25) is 0 Å². The molecule has 0 bridgehead atoms. The smallest absolute Gasteiger partial charge is 0.345 e. The summed E-state index contributed by atoms with van der Waals surface area (Å²) < 4.78 is 10.9. The number of amides is 1. The van der Waals surface area contributed by atoms with Crippen LogP contribution in [0.5, 0.6) is 11.5 Å². The number of nitrogens with zero attached hydrogens (tertiary/aromatic N) is 1. The Balaban J connectivity index is 1.92. The van der Waals surface area contributed by atoms with E-state index in [0.717, 1.165) is 17.1 Å². The van der Waals surface area contributed by atoms with Crippen LogP contribution in [0.15, 0.2) is 41.5 Å². The largest absolute Gasteiger partial charge is 0.494 e. The van der Waals surface area contributed by atoms with Crippen molar-refractivity contribution in [2.75, 3.05) is 6.61 Å². The van der Waals surface area contributed by atoms with Gasteiger partial charge >= 0.3 is 5.97 Å². The lowest BCUT2D eigenvalue weighted by atomic mass is 10.3. The maximum Gasteiger partial charge on any atom is 0.345 e. The number of ether oxygens (including phenoxy) is 2. The molecule has 26 heavy (non-hydrogen) atoms. The summed E-state index contributed by atoms with van der Waals surface area (Å²) in [6.07, 6.45) is -0.748. The van der Waals surface area contributed by atoms with Crippen molar-refractivity contribution >= 4 is 28.9 Å². The van der Waals surface area contributed by atoms with Crippen LogP contribution in [-0.2, 0) is 4.79 Å². The third-order valence-corrected chi connectivity index (χ3v) is 4.51. The number of carboxylic acid groups (broad SMARTS) is 1. The number of carbonyl (C=O) groups excluding carboxylic acids is 1. The summed E-state index contributed by atoms with van der Waals surface area (Å²) in [4.78, 5) is 23.9. The van der Waals surface area contributed by atoms with Crippen molar-refractivity contribution in [2.24, 2.45) is 5.10 Å². The molecule has 2 aromatic rings. The second kappa shape index (κ2) is 9.00. The zero-order valence-corrected chi connectivity index (χ0v) is 15.5. The molecule has 8 heteroatoms. The van der Waals surface area contributed by atoms with E-state index in [4.69, 9.17) is 14.6 Å². The third-order valence-electron chi connectivity index (χ3n) is 3.32. The first-order valence-electron chi connectivity index (χ1n) is 7.98. The number of hydrazone groups is 1. The molecule has 7 nitrogen and oxygen atoms in total. The summed E-state index contributed by atoms with van der Waals surface area (Å²) in [5, 5.41) is 12.9. The topological polar surface area (TPSA) is 97.2 Å². The van der Waals surface area contributed by atoms with E-state index in [-0.39, 0.29) is 4.88 Å². The molecule has 0 aliphatic heterocycles. The van der Waals surface area contributed by atoms with Gasteiger partial charge in [0.05, 0.1) is 17.2 Å². The lowest BCUT2D eigenvalue weighted by Crippen LogP contribution is -2.33. The van der Waals surface area contributed by atoms with Gasteiger partial charge in [0.25, 0.3) is 5.91 Å². The summed E-state index contributed by atoms with van der Waals surface area (Å²) in [6, 6.07) is 10.1. The van der Waals surface area contributed by atoms with E-state index in [2.05, 4.69) is 10.5 Å². The van der Waals surface area contributed by atoms with Crippen LogP contribution < -0.4 is 14.9 Å². The summed E-state index contributed by atoms with van der Waals surface area (Å²) in [6.45, 7) is 5.78. The van der Waals surface area contributed by atoms with Crippen molar-refractivity contribution in [1.82, 2.24) is 5.43 Å². The molecule has 1 aromatic carbocycles. The number of carboxylic acids is 1. The van der Waals surface area contributed by atoms with Crippen LogP contribution >= 0.6 is 11.3 Å². The minimum atomic E-state index is -0.990. The molecule has 1 heterocycles. The Labute approximate surface area is 155 Å². The Kier molecular flexibility index (Phi) is 6.74. The average Bonchev–Trinajstić information content (AvgIpc) is 3.11. The molecule has 0 saturated heterocycles. The first-order chi connectivity index (χ1) is 12.4. The molecule has 0 spiro atoms. The van der Waals surface area contributed by atoms with Crippen molar-refractivity contribution in [2.45, 2.75) is 26.9 Å². The monoisotopic (exact) mass is 376 g/mol. The van der Waals surface area contributed by atoms with Crippen LogP contribution in [0, 0.1) is 0 Å². The molecule has 0 fully saturated rings. The van der Waals surface area contributed by atoms with Crippen molar-refractivity contribution in [3.8, 4) is 11.5 Å². The van der Waals surface area contributed by atoms with Gasteiger partial charge in [0.1, 0.15) is 16.4 Å². The van der Waals surface area contributed by atoms with Crippen LogP contribution in [0.4, 0.5) is 0 Å². The molecule has 1 amide bonds. The summed E-state index contributed by atoms with van der Waals surface area (Å²) >= 11 is 1.09. The van der Waals surface area contributed by atoms with Gasteiger partial charge in [-0.3, -0.25) is 4.79 Å². The lowest BCUT2D eigenvalue weighted by molar-refractivity contribution is -0.127. The van der Waals surface area contributed by atoms with Crippen molar-refractivity contribution in [3.05, 3.63) is 46.2 Å². The van der Waals surface area contributed by atoms with E-state index in [9.17, 15) is 9.59 Å². The molecule has 2 N–H and O–H groups in total. The Bertz CT molecular complexity index is 798. The minimum Gasteiger partial charge on any atom is -0.494 e. The highest BCUT2D eigenvalue weighted by Gasteiger charge is 2.15. The van der Waals surface area contributed by atoms with E-state index in [1.54, 1.807) is 44.2 Å². The minimum absolute atomic E-state index is 0.216. The Hall–Kier alpha value is -2.87. The quantitative estimate of drug-likeness (QED) is 0.545. The van der Waals surface area contributed by atoms with E-state index < -0.39 is 18.0 Å². The Morgan fingerprint density at radius 1 is 1.15 bits per heavy atom. The molecule has 1 aromatic heterocycles. The van der Waals surface area contributed by atoms with Gasteiger partial charge in [-0.05, 0) is 57.2 Å². The van der Waals surface area contributed by atoms with Crippen molar-refractivity contribution < 1.29 is 24.2 Å². The standard InChI is InChI=1S/C18H20N2O5S/c1-4-24-13-5-7-14(8-6-13)25-12(3)17(21)20-19-11(2)15-9-10-16(26-15)18(22)23/h5-10,12H,4H2,1-3H3,(H,20,21)(H,22,23)/b19-11-/t12-/m0/s1. The zero-order chi connectivity index (χ0) is 19.1. The maximum atomic E-state index is 12.1. The SMILES string of the molecule is CCOc1ccc(O[C@@H](C)C(=O)N/N=C(/C)c2ccc(C(=O)O)s2)cc1. The number of hydrogen-bond donors (Lipinski definition) is 2. The molecular formula is C18H20N2O5S. The molecule has 138 valence electrons. The number of nitrogens with one attached hydrogen (secondary N) is 1. The van der Waals surface area contributed by atoms with Gasteiger partial charge in [-0.15, -0.1) is 11.3 Å². The number of thiophene rings is 1. The fourth-order valence-corrected chi connectivity index (χ4v) is 2.76. The fourth-order valence-electron chi connectivity index (χ4n) is 1.97. The number of rotatable bonds is 8. The highest BCUT2D eigenvalue weighted by atomic mass is 32.1. The predicted molar refractivity (Wildman–Crippen MR) is 99.3 cm³/mol. The zero-order valence-electron chi connectivity index (χ0n) is 14.7. The Morgan fingerprint density at radius 2 is 1.77 bits per heavy atom. The van der Waals surface area contributed by atoms with Crippen molar-refractivity contribution in [3.63, 3.8) is 0 Å². The van der Waals surface area contributed by atoms with E-state index in [1.165, 1.54) is 6.07 Å². The molecule has 0 aliphatic rings. The van der Waals surface area contributed by atoms with Crippen LogP contribution in [0.25, 0.3) is 0 Å². The maximum absolute atomic E-state index is 12.1. The summed E-state index contributed by atoms with van der Waals surface area (Å²) in [5.41, 5.74) is 2.95. The van der Waals surface area contributed by atoms with Crippen LogP contribution in [0.3, 0.4) is 0 Å². The van der Waals surface area contributed by atoms with Gasteiger partial charge in [-0.25, -0.2) is 10.2 Å². The number of aromatic carboxylic acids is 1. The number of carbonyl (C=O) groups is 2.